The molecule has 0 saturated heterocycles. The number of halogens is 3. The molecule has 0 fully saturated rings. The zero-order valence-corrected chi connectivity index (χ0v) is 11.9. The molecule has 82 valence electrons. The maximum Gasteiger partial charge on any atom is 0.310 e. The van der Waals surface area contributed by atoms with E-state index in [4.69, 9.17) is 16.3 Å². The average molecular weight is 356 g/mol. The molecule has 1 aromatic rings. The minimum absolute atomic E-state index is 0.173. The van der Waals surface area contributed by atoms with E-state index in [0.29, 0.717) is 11.6 Å². The van der Waals surface area contributed by atoms with Gasteiger partial charge in [-0.1, -0.05) is 11.6 Å². The van der Waals surface area contributed by atoms with Gasteiger partial charge in [0.15, 0.2) is 0 Å². The molecule has 0 bridgehead atoms. The van der Waals surface area contributed by atoms with E-state index in [1.165, 1.54) is 0 Å². The first-order chi connectivity index (χ1) is 7.06. The summed E-state index contributed by atoms with van der Waals surface area (Å²) in [5.74, 6) is -0.279. The van der Waals surface area contributed by atoms with Crippen molar-refractivity contribution in [2.24, 2.45) is 0 Å². The van der Waals surface area contributed by atoms with Crippen LogP contribution in [0.3, 0.4) is 0 Å². The minimum Gasteiger partial charge on any atom is -0.466 e. The third-order valence-corrected chi connectivity index (χ3v) is 4.22. The summed E-state index contributed by atoms with van der Waals surface area (Å²) in [6.07, 6.45) is 0.173. The Morgan fingerprint density at radius 2 is 2.13 bits per heavy atom. The number of carbonyl (C=O) groups is 1. The summed E-state index contributed by atoms with van der Waals surface area (Å²) >= 11 is 12.7. The second kappa shape index (κ2) is 5.87. The number of hydrogen-bond acceptors (Lipinski definition) is 2. The standard InChI is InChI=1S/C10H9Br2ClO2/c1-2-15-9(14)5-6-8(13)4-3-7(11)10(6)12/h3-4H,2,5H2,1H3. The first kappa shape index (κ1) is 13.0. The smallest absolute Gasteiger partial charge is 0.310 e. The van der Waals surface area contributed by atoms with E-state index in [9.17, 15) is 4.79 Å². The molecule has 5 heteroatoms. The van der Waals surface area contributed by atoms with E-state index in [1.54, 1.807) is 13.0 Å². The summed E-state index contributed by atoms with van der Waals surface area (Å²) in [7, 11) is 0. The Bertz CT molecular complexity index is 380. The number of rotatable bonds is 3. The van der Waals surface area contributed by atoms with Crippen LogP contribution in [-0.2, 0) is 16.0 Å². The molecule has 0 aliphatic rings. The molecule has 2 nitrogen and oxygen atoms in total. The van der Waals surface area contributed by atoms with Crippen LogP contribution in [0.2, 0.25) is 5.02 Å². The highest BCUT2D eigenvalue weighted by atomic mass is 79.9. The summed E-state index contributed by atoms with van der Waals surface area (Å²) in [6.45, 7) is 2.15. The fourth-order valence-electron chi connectivity index (χ4n) is 1.09. The highest BCUT2D eigenvalue weighted by Crippen LogP contribution is 2.32. The van der Waals surface area contributed by atoms with Crippen LogP contribution in [0, 0.1) is 0 Å². The van der Waals surface area contributed by atoms with Crippen molar-refractivity contribution in [2.75, 3.05) is 6.61 Å². The van der Waals surface area contributed by atoms with Gasteiger partial charge in [0.25, 0.3) is 0 Å². The molecule has 0 aliphatic heterocycles. The van der Waals surface area contributed by atoms with Crippen molar-refractivity contribution >= 4 is 49.4 Å². The third kappa shape index (κ3) is 3.47. The molecule has 0 heterocycles. The fraction of sp³-hybridized carbons (Fsp3) is 0.300. The van der Waals surface area contributed by atoms with Crippen LogP contribution in [0.25, 0.3) is 0 Å². The lowest BCUT2D eigenvalue weighted by Gasteiger charge is -2.08. The van der Waals surface area contributed by atoms with Gasteiger partial charge in [0, 0.05) is 14.0 Å². The maximum atomic E-state index is 11.3. The van der Waals surface area contributed by atoms with Gasteiger partial charge in [0.1, 0.15) is 0 Å². The Morgan fingerprint density at radius 3 is 2.73 bits per heavy atom. The van der Waals surface area contributed by atoms with Crippen LogP contribution in [0.5, 0.6) is 0 Å². The Balaban J connectivity index is 2.93. The maximum absolute atomic E-state index is 11.3. The van der Waals surface area contributed by atoms with Crippen molar-refractivity contribution < 1.29 is 9.53 Å². The molecule has 0 radical (unpaired) electrons. The molecular formula is C10H9Br2ClO2. The second-order valence-electron chi connectivity index (χ2n) is 2.80. The Labute approximate surface area is 110 Å². The first-order valence-electron chi connectivity index (χ1n) is 4.34. The highest BCUT2D eigenvalue weighted by Gasteiger charge is 2.13. The zero-order valence-electron chi connectivity index (χ0n) is 8.02. The largest absolute Gasteiger partial charge is 0.466 e. The summed E-state index contributed by atoms with van der Waals surface area (Å²) in [5.41, 5.74) is 0.740. The van der Waals surface area contributed by atoms with Crippen LogP contribution < -0.4 is 0 Å². The van der Waals surface area contributed by atoms with Crippen LogP contribution in [0.4, 0.5) is 0 Å². The predicted octanol–water partition coefficient (Wildman–Crippen LogP) is 3.97. The molecule has 0 amide bonds. The molecule has 0 aromatic heterocycles. The molecule has 15 heavy (non-hydrogen) atoms. The molecular weight excluding hydrogens is 347 g/mol. The summed E-state index contributed by atoms with van der Waals surface area (Å²) in [6, 6.07) is 3.56. The van der Waals surface area contributed by atoms with Gasteiger partial charge in [0.05, 0.1) is 13.0 Å². The van der Waals surface area contributed by atoms with Gasteiger partial charge >= 0.3 is 5.97 Å². The second-order valence-corrected chi connectivity index (χ2v) is 4.86. The van der Waals surface area contributed by atoms with Gasteiger partial charge in [0.2, 0.25) is 0 Å². The highest BCUT2D eigenvalue weighted by molar-refractivity contribution is 9.13. The van der Waals surface area contributed by atoms with Gasteiger partial charge in [-0.3, -0.25) is 4.79 Å². The summed E-state index contributed by atoms with van der Waals surface area (Å²) in [4.78, 5) is 11.3. The predicted molar refractivity (Wildman–Crippen MR) is 67.2 cm³/mol. The zero-order chi connectivity index (χ0) is 11.4. The monoisotopic (exact) mass is 354 g/mol. The quantitative estimate of drug-likeness (QED) is 0.605. The molecule has 1 rings (SSSR count). The number of carbonyl (C=O) groups excluding carboxylic acids is 1. The van der Waals surface area contributed by atoms with Gasteiger partial charge in [-0.05, 0) is 56.5 Å². The molecule has 0 unspecified atom stereocenters. The third-order valence-electron chi connectivity index (χ3n) is 1.77. The normalized spacial score (nSPS) is 10.1. The number of ether oxygens (including phenoxy) is 1. The lowest BCUT2D eigenvalue weighted by atomic mass is 10.1. The minimum atomic E-state index is -0.279. The molecule has 0 atom stereocenters. The Kier molecular flexibility index (Phi) is 5.09. The van der Waals surface area contributed by atoms with Crippen LogP contribution in [-0.4, -0.2) is 12.6 Å². The van der Waals surface area contributed by atoms with Crippen molar-refractivity contribution in [3.05, 3.63) is 31.7 Å². The summed E-state index contributed by atoms with van der Waals surface area (Å²) in [5, 5.41) is 0.554. The van der Waals surface area contributed by atoms with Gasteiger partial charge in [-0.2, -0.15) is 0 Å². The van der Waals surface area contributed by atoms with E-state index >= 15 is 0 Å². The Morgan fingerprint density at radius 1 is 1.47 bits per heavy atom. The van der Waals surface area contributed by atoms with E-state index in [-0.39, 0.29) is 12.4 Å². The van der Waals surface area contributed by atoms with E-state index in [0.717, 1.165) is 14.5 Å². The van der Waals surface area contributed by atoms with Crippen molar-refractivity contribution in [3.8, 4) is 0 Å². The Hall–Kier alpha value is -0.0600. The van der Waals surface area contributed by atoms with E-state index < -0.39 is 0 Å². The van der Waals surface area contributed by atoms with Crippen molar-refractivity contribution in [1.29, 1.82) is 0 Å². The number of hydrogen-bond donors (Lipinski definition) is 0. The van der Waals surface area contributed by atoms with Crippen LogP contribution in [0.15, 0.2) is 21.1 Å². The van der Waals surface area contributed by atoms with E-state index in [2.05, 4.69) is 31.9 Å². The molecule has 0 spiro atoms. The van der Waals surface area contributed by atoms with Gasteiger partial charge in [-0.25, -0.2) is 0 Å². The van der Waals surface area contributed by atoms with Gasteiger partial charge in [-0.15, -0.1) is 0 Å². The van der Waals surface area contributed by atoms with Crippen LogP contribution >= 0.6 is 43.5 Å². The molecule has 1 aromatic carbocycles. The van der Waals surface area contributed by atoms with Crippen LogP contribution in [0.1, 0.15) is 12.5 Å². The van der Waals surface area contributed by atoms with Crippen molar-refractivity contribution in [2.45, 2.75) is 13.3 Å². The first-order valence-corrected chi connectivity index (χ1v) is 6.30. The lowest BCUT2D eigenvalue weighted by molar-refractivity contribution is -0.142. The van der Waals surface area contributed by atoms with E-state index in [1.807, 2.05) is 6.07 Å². The SMILES string of the molecule is CCOC(=O)Cc1c(Cl)ccc(Br)c1Br. The lowest BCUT2D eigenvalue weighted by Crippen LogP contribution is -2.08. The van der Waals surface area contributed by atoms with Crippen molar-refractivity contribution in [3.63, 3.8) is 0 Å². The summed E-state index contributed by atoms with van der Waals surface area (Å²) < 4.78 is 6.52. The molecule has 0 N–H and O–H groups in total. The average Bonchev–Trinajstić information content (AvgIpc) is 2.19. The fourth-order valence-corrected chi connectivity index (χ4v) is 2.28. The topological polar surface area (TPSA) is 26.3 Å². The van der Waals surface area contributed by atoms with Crippen molar-refractivity contribution in [1.82, 2.24) is 0 Å². The van der Waals surface area contributed by atoms with Gasteiger partial charge < -0.3 is 4.74 Å². The number of esters is 1. The number of benzene rings is 1. The molecule has 0 saturated carbocycles. The molecule has 0 aliphatic carbocycles.